The molecule has 0 spiro atoms. The van der Waals surface area contributed by atoms with Crippen LogP contribution in [0.5, 0.6) is 0 Å². The van der Waals surface area contributed by atoms with E-state index in [2.05, 4.69) is 0 Å². The van der Waals surface area contributed by atoms with E-state index in [1.165, 1.54) is 4.90 Å². The minimum Gasteiger partial charge on any atom is -1.00 e. The Kier molecular flexibility index (Phi) is 3.77. The van der Waals surface area contributed by atoms with Crippen LogP contribution in [-0.4, -0.2) is 52.8 Å². The Morgan fingerprint density at radius 2 is 2.00 bits per heavy atom. The second kappa shape index (κ2) is 4.33. The van der Waals surface area contributed by atoms with Crippen LogP contribution in [0.1, 0.15) is 19.3 Å². The van der Waals surface area contributed by atoms with E-state index in [4.69, 9.17) is 0 Å². The quantitative estimate of drug-likeness (QED) is 0.359. The van der Waals surface area contributed by atoms with Crippen LogP contribution in [0.2, 0.25) is 0 Å². The third kappa shape index (κ3) is 1.77. The smallest absolute Gasteiger partial charge is 0.129 e. The molecule has 2 fully saturated rings. The number of nitrogens with one attached hydrogen (secondary N) is 1. The Morgan fingerprint density at radius 1 is 1.29 bits per heavy atom. The average molecular weight is 224 g/mol. The molecule has 1 unspecified atom stereocenters. The zero-order chi connectivity index (χ0) is 9.47. The first kappa shape index (κ1) is 12.2. The summed E-state index contributed by atoms with van der Waals surface area (Å²) in [4.78, 5) is 1.27. The van der Waals surface area contributed by atoms with Gasteiger partial charge in [-0.05, 0) is 0 Å². The molecule has 4 N–H and O–H groups in total. The molecule has 0 aromatic rings. The van der Waals surface area contributed by atoms with E-state index in [0.29, 0.717) is 13.0 Å². The Morgan fingerprint density at radius 3 is 2.64 bits per heavy atom. The molecule has 14 heavy (non-hydrogen) atoms. The monoisotopic (exact) mass is 223 g/mol. The molecule has 2 aliphatic heterocycles. The van der Waals surface area contributed by atoms with Crippen LogP contribution in [0, 0.1) is 0 Å². The number of rotatable bonds is 1. The van der Waals surface area contributed by atoms with Gasteiger partial charge in [-0.2, -0.15) is 0 Å². The lowest BCUT2D eigenvalue weighted by Gasteiger charge is -2.41. The third-order valence-electron chi connectivity index (χ3n) is 3.69. The van der Waals surface area contributed by atoms with Crippen LogP contribution < -0.4 is 17.3 Å². The zero-order valence-corrected chi connectivity index (χ0v) is 8.87. The van der Waals surface area contributed by atoms with E-state index >= 15 is 0 Å². The Hall–Kier alpha value is 0.130. The summed E-state index contributed by atoms with van der Waals surface area (Å²) in [5.74, 6) is 0. The van der Waals surface area contributed by atoms with Crippen LogP contribution in [0.15, 0.2) is 0 Å². The fourth-order valence-corrected chi connectivity index (χ4v) is 2.83. The molecule has 4 atom stereocenters. The van der Waals surface area contributed by atoms with Gasteiger partial charge in [0.25, 0.3) is 0 Å². The third-order valence-corrected chi connectivity index (χ3v) is 3.69. The standard InChI is InChI=1S/C9H17NO3.ClH/c11-6-9-2-1-3-10(9)5-8(13)7(12)4-9;/h7-8,11-13H,1-6H2;1H/t7-,8+,9+;/m0./s1. The molecule has 84 valence electrons. The van der Waals surface area contributed by atoms with Gasteiger partial charge in [-0.1, -0.05) is 0 Å². The molecule has 2 heterocycles. The normalized spacial score (nSPS) is 46.9. The lowest BCUT2D eigenvalue weighted by atomic mass is 9.84. The van der Waals surface area contributed by atoms with Gasteiger partial charge in [0.1, 0.15) is 18.2 Å². The second-order valence-electron chi connectivity index (χ2n) is 4.44. The first-order chi connectivity index (χ1) is 6.18. The van der Waals surface area contributed by atoms with E-state index in [1.807, 2.05) is 0 Å². The first-order valence-corrected chi connectivity index (χ1v) is 5.00. The lowest BCUT2D eigenvalue weighted by Crippen LogP contribution is -3.21. The van der Waals surface area contributed by atoms with E-state index in [0.717, 1.165) is 19.4 Å². The Balaban J connectivity index is 0.000000980. The van der Waals surface area contributed by atoms with Gasteiger partial charge in [-0.25, -0.2) is 0 Å². The number of aliphatic hydroxyl groups excluding tert-OH is 3. The molecule has 0 aromatic heterocycles. The maximum Gasteiger partial charge on any atom is 0.129 e. The van der Waals surface area contributed by atoms with E-state index in [9.17, 15) is 15.3 Å². The number of halogens is 1. The molecular formula is C9H18ClNO3. The number of piperidine rings is 1. The summed E-state index contributed by atoms with van der Waals surface area (Å²) in [6, 6.07) is 0. The fourth-order valence-electron chi connectivity index (χ4n) is 2.83. The highest BCUT2D eigenvalue weighted by atomic mass is 35.5. The molecule has 0 bridgehead atoms. The number of fused-ring (bicyclic) bond motifs is 1. The van der Waals surface area contributed by atoms with Crippen molar-refractivity contribution in [1.29, 1.82) is 0 Å². The second-order valence-corrected chi connectivity index (χ2v) is 4.44. The molecule has 5 heteroatoms. The summed E-state index contributed by atoms with van der Waals surface area (Å²) < 4.78 is 0. The predicted molar refractivity (Wildman–Crippen MR) is 46.4 cm³/mol. The number of hydrogen-bond acceptors (Lipinski definition) is 3. The summed E-state index contributed by atoms with van der Waals surface area (Å²) in [6.45, 7) is 1.73. The van der Waals surface area contributed by atoms with Crippen LogP contribution in [0.4, 0.5) is 0 Å². The highest BCUT2D eigenvalue weighted by Gasteiger charge is 2.51. The molecule has 0 aliphatic carbocycles. The van der Waals surface area contributed by atoms with Crippen molar-refractivity contribution in [2.75, 3.05) is 19.7 Å². The van der Waals surface area contributed by atoms with Gasteiger partial charge in [0.15, 0.2) is 0 Å². The maximum absolute atomic E-state index is 9.55. The Bertz CT molecular complexity index is 204. The van der Waals surface area contributed by atoms with Gasteiger partial charge >= 0.3 is 0 Å². The summed E-state index contributed by atoms with van der Waals surface area (Å²) in [7, 11) is 0. The van der Waals surface area contributed by atoms with E-state index in [-0.39, 0.29) is 24.6 Å². The SMILES string of the molecule is OC[C@]12CCC[NH+]1C[C@@H](O)[C@@H](O)C2.[Cl-]. The van der Waals surface area contributed by atoms with Gasteiger partial charge in [0.2, 0.25) is 0 Å². The van der Waals surface area contributed by atoms with Crippen molar-refractivity contribution < 1.29 is 32.6 Å². The largest absolute Gasteiger partial charge is 1.00 e. The summed E-state index contributed by atoms with van der Waals surface area (Å²) >= 11 is 0. The van der Waals surface area contributed by atoms with Gasteiger partial charge < -0.3 is 32.6 Å². The van der Waals surface area contributed by atoms with Crippen molar-refractivity contribution in [3.8, 4) is 0 Å². The van der Waals surface area contributed by atoms with Crippen molar-refractivity contribution in [2.24, 2.45) is 0 Å². The summed E-state index contributed by atoms with van der Waals surface area (Å²) in [5, 5.41) is 28.4. The topological polar surface area (TPSA) is 65.1 Å². The van der Waals surface area contributed by atoms with Gasteiger partial charge in [-0.15, -0.1) is 0 Å². The molecule has 0 aromatic carbocycles. The molecule has 0 amide bonds. The molecule has 4 nitrogen and oxygen atoms in total. The number of aliphatic hydroxyl groups is 3. The van der Waals surface area contributed by atoms with Gasteiger partial charge in [0.05, 0.1) is 19.3 Å². The van der Waals surface area contributed by atoms with Gasteiger partial charge in [0, 0.05) is 19.3 Å². The molecule has 2 saturated heterocycles. The van der Waals surface area contributed by atoms with Crippen molar-refractivity contribution in [3.05, 3.63) is 0 Å². The molecule has 2 rings (SSSR count). The summed E-state index contributed by atoms with van der Waals surface area (Å²) in [6.07, 6.45) is 1.36. The molecule has 2 aliphatic rings. The van der Waals surface area contributed by atoms with Crippen LogP contribution in [0.3, 0.4) is 0 Å². The summed E-state index contributed by atoms with van der Waals surface area (Å²) in [5.41, 5.74) is -0.154. The predicted octanol–water partition coefficient (Wildman–Crippen LogP) is -5.47. The van der Waals surface area contributed by atoms with Crippen molar-refractivity contribution in [3.63, 3.8) is 0 Å². The van der Waals surface area contributed by atoms with Crippen molar-refractivity contribution >= 4 is 0 Å². The first-order valence-electron chi connectivity index (χ1n) is 5.00. The van der Waals surface area contributed by atoms with Crippen molar-refractivity contribution in [2.45, 2.75) is 37.0 Å². The number of quaternary nitrogens is 1. The molecular weight excluding hydrogens is 206 g/mol. The zero-order valence-electron chi connectivity index (χ0n) is 8.12. The highest BCUT2D eigenvalue weighted by molar-refractivity contribution is 4.90. The minimum atomic E-state index is -0.644. The minimum absolute atomic E-state index is 0. The molecule has 0 saturated carbocycles. The van der Waals surface area contributed by atoms with Gasteiger partial charge in [-0.3, -0.25) is 0 Å². The lowest BCUT2D eigenvalue weighted by molar-refractivity contribution is -0.950. The van der Waals surface area contributed by atoms with Crippen LogP contribution >= 0.6 is 0 Å². The van der Waals surface area contributed by atoms with E-state index in [1.54, 1.807) is 0 Å². The van der Waals surface area contributed by atoms with Crippen LogP contribution in [-0.2, 0) is 0 Å². The van der Waals surface area contributed by atoms with Crippen LogP contribution in [0.25, 0.3) is 0 Å². The Labute approximate surface area is 89.9 Å². The maximum atomic E-state index is 9.55. The number of hydrogen-bond donors (Lipinski definition) is 4. The molecule has 0 radical (unpaired) electrons. The average Bonchev–Trinajstić information content (AvgIpc) is 2.49. The van der Waals surface area contributed by atoms with E-state index < -0.39 is 12.2 Å². The fraction of sp³-hybridized carbons (Fsp3) is 1.00. The van der Waals surface area contributed by atoms with Crippen molar-refractivity contribution in [1.82, 2.24) is 0 Å². The highest BCUT2D eigenvalue weighted by Crippen LogP contribution is 2.24.